The van der Waals surface area contributed by atoms with Crippen molar-refractivity contribution in [2.24, 2.45) is 0 Å². The van der Waals surface area contributed by atoms with E-state index in [0.717, 1.165) is 11.1 Å². The highest BCUT2D eigenvalue weighted by molar-refractivity contribution is 9.10. The van der Waals surface area contributed by atoms with Gasteiger partial charge in [-0.05, 0) is 41.4 Å². The summed E-state index contributed by atoms with van der Waals surface area (Å²) in [4.78, 5) is 28.0. The largest absolute Gasteiger partial charge is 0.504 e. The van der Waals surface area contributed by atoms with Crippen LogP contribution < -0.4 is 0 Å². The maximum absolute atomic E-state index is 12.3. The monoisotopic (exact) mass is 391 g/mol. The second kappa shape index (κ2) is 8.06. The number of carbonyl (C=O) groups excluding carboxylic acids is 2. The summed E-state index contributed by atoms with van der Waals surface area (Å²) in [5.41, 5.74) is 2.41. The van der Waals surface area contributed by atoms with Gasteiger partial charge in [-0.1, -0.05) is 24.3 Å². The van der Waals surface area contributed by atoms with Gasteiger partial charge >= 0.3 is 5.97 Å². The first-order valence-electron chi connectivity index (χ1n) is 7.58. The lowest BCUT2D eigenvalue weighted by Crippen LogP contribution is -2.10. The van der Waals surface area contributed by atoms with Crippen molar-refractivity contribution in [3.8, 4) is 17.0 Å². The lowest BCUT2D eigenvalue weighted by Gasteiger charge is -2.10. The van der Waals surface area contributed by atoms with Gasteiger partial charge in [-0.3, -0.25) is 9.59 Å². The molecule has 0 saturated carbocycles. The lowest BCUT2D eigenvalue weighted by molar-refractivity contribution is -0.143. The molecule has 0 aliphatic rings. The molecular weight excluding hydrogens is 374 g/mol. The number of ketones is 1. The molecule has 1 aromatic heterocycles. The number of esters is 1. The van der Waals surface area contributed by atoms with E-state index in [1.807, 2.05) is 31.2 Å². The molecule has 5 nitrogen and oxygen atoms in total. The Kier molecular flexibility index (Phi) is 6.09. The number of nitrogens with zero attached hydrogens (tertiary/aromatic N) is 1. The van der Waals surface area contributed by atoms with Gasteiger partial charge in [0.15, 0.2) is 11.5 Å². The summed E-state index contributed by atoms with van der Waals surface area (Å²) in [7, 11) is 0. The van der Waals surface area contributed by atoms with Crippen LogP contribution in [-0.2, 0) is 9.53 Å². The molecule has 0 fully saturated rings. The van der Waals surface area contributed by atoms with E-state index in [4.69, 9.17) is 4.74 Å². The van der Waals surface area contributed by atoms with E-state index in [-0.39, 0.29) is 30.9 Å². The molecule has 2 aromatic rings. The van der Waals surface area contributed by atoms with E-state index in [2.05, 4.69) is 20.9 Å². The number of aromatic nitrogens is 1. The van der Waals surface area contributed by atoms with Crippen molar-refractivity contribution in [1.29, 1.82) is 0 Å². The fourth-order valence-electron chi connectivity index (χ4n) is 2.27. The van der Waals surface area contributed by atoms with E-state index in [0.29, 0.717) is 10.2 Å². The summed E-state index contributed by atoms with van der Waals surface area (Å²) in [6.45, 7) is 3.92. The van der Waals surface area contributed by atoms with Crippen LogP contribution in [0.25, 0.3) is 11.3 Å². The number of hydrogen-bond donors (Lipinski definition) is 1. The summed E-state index contributed by atoms with van der Waals surface area (Å²) in [6, 6.07) is 9.31. The molecule has 6 heteroatoms. The van der Waals surface area contributed by atoms with Crippen LogP contribution in [0.4, 0.5) is 0 Å². The number of benzene rings is 1. The predicted octanol–water partition coefficient (Wildman–Crippen LogP) is 4.05. The van der Waals surface area contributed by atoms with Gasteiger partial charge in [0, 0.05) is 12.0 Å². The van der Waals surface area contributed by atoms with E-state index in [1.54, 1.807) is 13.0 Å². The molecule has 0 aliphatic heterocycles. The molecule has 1 heterocycles. The maximum Gasteiger partial charge on any atom is 0.306 e. The molecule has 24 heavy (non-hydrogen) atoms. The standard InChI is InChI=1S/C18H18BrNO4/c1-3-24-16(22)9-8-15(21)17-18(23)13(19)10-14(20-17)12-7-5-4-6-11(12)2/h4-7,10,23H,3,8-9H2,1-2H3. The van der Waals surface area contributed by atoms with Gasteiger partial charge in [-0.25, -0.2) is 4.98 Å². The van der Waals surface area contributed by atoms with Crippen LogP contribution in [0.5, 0.6) is 5.75 Å². The Hall–Kier alpha value is -2.21. The third kappa shape index (κ3) is 4.20. The number of aromatic hydroxyl groups is 1. The Morgan fingerprint density at radius 2 is 1.96 bits per heavy atom. The van der Waals surface area contributed by atoms with Gasteiger partial charge in [0.25, 0.3) is 0 Å². The molecule has 0 atom stereocenters. The van der Waals surface area contributed by atoms with Crippen molar-refractivity contribution >= 4 is 27.7 Å². The van der Waals surface area contributed by atoms with Crippen molar-refractivity contribution in [2.75, 3.05) is 6.61 Å². The zero-order valence-corrected chi connectivity index (χ0v) is 15.1. The Morgan fingerprint density at radius 1 is 1.25 bits per heavy atom. The molecular formula is C18H18BrNO4. The number of pyridine rings is 1. The first kappa shape index (κ1) is 18.1. The van der Waals surface area contributed by atoms with Gasteiger partial charge in [-0.15, -0.1) is 0 Å². The number of halogens is 1. The second-order valence-electron chi connectivity index (χ2n) is 5.23. The van der Waals surface area contributed by atoms with E-state index in [9.17, 15) is 14.7 Å². The van der Waals surface area contributed by atoms with Gasteiger partial charge in [0.2, 0.25) is 0 Å². The van der Waals surface area contributed by atoms with Crippen LogP contribution in [0, 0.1) is 6.92 Å². The molecule has 1 aromatic carbocycles. The number of hydrogen-bond acceptors (Lipinski definition) is 5. The van der Waals surface area contributed by atoms with Crippen LogP contribution in [0.1, 0.15) is 35.8 Å². The van der Waals surface area contributed by atoms with Crippen molar-refractivity contribution in [1.82, 2.24) is 4.98 Å². The van der Waals surface area contributed by atoms with Crippen molar-refractivity contribution in [3.05, 3.63) is 46.1 Å². The smallest absolute Gasteiger partial charge is 0.306 e. The van der Waals surface area contributed by atoms with Crippen LogP contribution in [0.15, 0.2) is 34.8 Å². The van der Waals surface area contributed by atoms with E-state index >= 15 is 0 Å². The predicted molar refractivity (Wildman–Crippen MR) is 94.0 cm³/mol. The number of rotatable bonds is 6. The zero-order chi connectivity index (χ0) is 17.7. The second-order valence-corrected chi connectivity index (χ2v) is 6.08. The topological polar surface area (TPSA) is 76.5 Å². The maximum atomic E-state index is 12.3. The summed E-state index contributed by atoms with van der Waals surface area (Å²) < 4.78 is 5.19. The summed E-state index contributed by atoms with van der Waals surface area (Å²) in [6.07, 6.45) is -0.108. The molecule has 1 N–H and O–H groups in total. The van der Waals surface area contributed by atoms with Crippen LogP contribution in [-0.4, -0.2) is 28.4 Å². The van der Waals surface area contributed by atoms with E-state index < -0.39 is 11.8 Å². The first-order valence-corrected chi connectivity index (χ1v) is 8.37. The molecule has 0 spiro atoms. The Labute approximate surface area is 148 Å². The van der Waals surface area contributed by atoms with Gasteiger partial charge in [-0.2, -0.15) is 0 Å². The number of aryl methyl sites for hydroxylation is 1. The highest BCUT2D eigenvalue weighted by Gasteiger charge is 2.19. The third-order valence-corrected chi connectivity index (χ3v) is 4.10. The normalized spacial score (nSPS) is 10.5. The van der Waals surface area contributed by atoms with Crippen molar-refractivity contribution in [3.63, 3.8) is 0 Å². The highest BCUT2D eigenvalue weighted by Crippen LogP contribution is 2.33. The minimum atomic E-state index is -0.445. The highest BCUT2D eigenvalue weighted by atomic mass is 79.9. The van der Waals surface area contributed by atoms with Crippen molar-refractivity contribution < 1.29 is 19.4 Å². The third-order valence-electron chi connectivity index (χ3n) is 3.49. The fraction of sp³-hybridized carbons (Fsp3) is 0.278. The fourth-order valence-corrected chi connectivity index (χ4v) is 2.67. The molecule has 0 unspecified atom stereocenters. The average molecular weight is 392 g/mol. The first-order chi connectivity index (χ1) is 11.4. The number of ether oxygens (including phenoxy) is 1. The van der Waals surface area contributed by atoms with Crippen LogP contribution in [0.3, 0.4) is 0 Å². The molecule has 2 rings (SSSR count). The van der Waals surface area contributed by atoms with Crippen LogP contribution >= 0.6 is 15.9 Å². The number of Topliss-reactive ketones (excluding diaryl/α,β-unsaturated/α-hetero) is 1. The van der Waals surface area contributed by atoms with Gasteiger partial charge in [0.05, 0.1) is 23.2 Å². The summed E-state index contributed by atoms with van der Waals surface area (Å²) >= 11 is 3.26. The SMILES string of the molecule is CCOC(=O)CCC(=O)c1nc(-c2ccccc2C)cc(Br)c1O. The van der Waals surface area contributed by atoms with Gasteiger partial charge < -0.3 is 9.84 Å². The van der Waals surface area contributed by atoms with E-state index in [1.165, 1.54) is 0 Å². The van der Waals surface area contributed by atoms with Crippen molar-refractivity contribution in [2.45, 2.75) is 26.7 Å². The van der Waals surface area contributed by atoms with Gasteiger partial charge in [0.1, 0.15) is 5.69 Å². The summed E-state index contributed by atoms with van der Waals surface area (Å²) in [5, 5.41) is 10.1. The molecule has 126 valence electrons. The lowest BCUT2D eigenvalue weighted by atomic mass is 10.0. The Bertz CT molecular complexity index is 774. The quantitative estimate of drug-likeness (QED) is 0.593. The Morgan fingerprint density at radius 3 is 2.62 bits per heavy atom. The molecule has 0 bridgehead atoms. The minimum absolute atomic E-state index is 0.0417. The minimum Gasteiger partial charge on any atom is -0.504 e. The molecule has 0 amide bonds. The Balaban J connectivity index is 2.32. The molecule has 0 saturated heterocycles. The van der Waals surface area contributed by atoms with Crippen LogP contribution in [0.2, 0.25) is 0 Å². The summed E-state index contributed by atoms with van der Waals surface area (Å²) in [5.74, 6) is -1.07. The number of carbonyl (C=O) groups is 2. The average Bonchev–Trinajstić information content (AvgIpc) is 2.56. The zero-order valence-electron chi connectivity index (χ0n) is 13.5. The molecule has 0 aliphatic carbocycles. The molecule has 0 radical (unpaired) electrons.